The fourth-order valence-corrected chi connectivity index (χ4v) is 4.02. The largest absolute Gasteiger partial charge is 0.463 e. The number of esters is 1. The minimum atomic E-state index is -0.566. The molecule has 2 aliphatic heterocycles. The Bertz CT molecular complexity index is 804. The number of piperidine rings is 1. The Labute approximate surface area is 187 Å². The monoisotopic (exact) mass is 449 g/mol. The van der Waals surface area contributed by atoms with E-state index in [2.05, 4.69) is 22.3 Å². The summed E-state index contributed by atoms with van der Waals surface area (Å²) in [6.07, 6.45) is 5.60. The average molecular weight is 450 g/mol. The van der Waals surface area contributed by atoms with Gasteiger partial charge in [0.25, 0.3) is 5.91 Å². The van der Waals surface area contributed by atoms with Gasteiger partial charge in [-0.15, -0.1) is 0 Å². The third kappa shape index (κ3) is 5.77. The van der Waals surface area contributed by atoms with Crippen molar-refractivity contribution in [2.45, 2.75) is 58.0 Å². The number of ether oxygens (including phenoxy) is 2. The number of carbonyl (C=O) groups excluding carboxylic acids is 3. The number of aromatic amines is 1. The molecule has 0 radical (unpaired) electrons. The first-order valence-corrected chi connectivity index (χ1v) is 11.1. The van der Waals surface area contributed by atoms with Crippen LogP contribution >= 0.6 is 0 Å². The number of nitrogens with zero attached hydrogens (tertiary/aromatic N) is 4. The van der Waals surface area contributed by atoms with Crippen LogP contribution in [0, 0.1) is 0 Å². The summed E-state index contributed by atoms with van der Waals surface area (Å²) in [4.78, 5) is 45.5. The highest BCUT2D eigenvalue weighted by molar-refractivity contribution is 6.44. The summed E-state index contributed by atoms with van der Waals surface area (Å²) in [6.45, 7) is 5.04. The van der Waals surface area contributed by atoms with Gasteiger partial charge >= 0.3 is 12.1 Å². The summed E-state index contributed by atoms with van der Waals surface area (Å²) in [5.74, 6) is -0.897. The Morgan fingerprint density at radius 3 is 2.75 bits per heavy atom. The normalized spacial score (nSPS) is 19.8. The summed E-state index contributed by atoms with van der Waals surface area (Å²) in [6, 6.07) is 1.76. The number of H-pyrrole nitrogens is 1. The van der Waals surface area contributed by atoms with Gasteiger partial charge in [-0.1, -0.05) is 24.9 Å². The Morgan fingerprint density at radius 2 is 2.09 bits per heavy atom. The van der Waals surface area contributed by atoms with E-state index in [1.165, 1.54) is 6.20 Å². The van der Waals surface area contributed by atoms with Crippen molar-refractivity contribution in [2.24, 2.45) is 5.16 Å². The lowest BCUT2D eigenvalue weighted by atomic mass is 9.99. The van der Waals surface area contributed by atoms with Crippen LogP contribution in [0.15, 0.2) is 17.4 Å². The van der Waals surface area contributed by atoms with Gasteiger partial charge in [-0.2, -0.15) is 5.10 Å². The molecular weight excluding hydrogens is 418 g/mol. The van der Waals surface area contributed by atoms with Crippen molar-refractivity contribution in [3.8, 4) is 0 Å². The molecule has 11 heteroatoms. The van der Waals surface area contributed by atoms with E-state index in [0.717, 1.165) is 19.3 Å². The second-order valence-corrected chi connectivity index (χ2v) is 7.79. The van der Waals surface area contributed by atoms with Gasteiger partial charge in [-0.05, 0) is 32.3 Å². The Kier molecular flexibility index (Phi) is 8.46. The molecule has 2 saturated heterocycles. The predicted octanol–water partition coefficient (Wildman–Crippen LogP) is 1.70. The van der Waals surface area contributed by atoms with Crippen LogP contribution in [0.2, 0.25) is 0 Å². The Morgan fingerprint density at radius 1 is 1.31 bits per heavy atom. The van der Waals surface area contributed by atoms with Crippen molar-refractivity contribution < 1.29 is 28.7 Å². The van der Waals surface area contributed by atoms with Crippen LogP contribution in [0.3, 0.4) is 0 Å². The minimum Gasteiger partial charge on any atom is -0.463 e. The van der Waals surface area contributed by atoms with E-state index in [1.807, 2.05) is 4.90 Å². The van der Waals surface area contributed by atoms with Gasteiger partial charge in [-0.3, -0.25) is 14.8 Å². The topological polar surface area (TPSA) is 126 Å². The molecule has 1 aromatic heterocycles. The molecule has 2 aliphatic rings. The number of rotatable bonds is 10. The maximum absolute atomic E-state index is 13.1. The lowest BCUT2D eigenvalue weighted by Gasteiger charge is -2.37. The van der Waals surface area contributed by atoms with E-state index >= 15 is 0 Å². The van der Waals surface area contributed by atoms with E-state index in [1.54, 1.807) is 17.9 Å². The predicted molar refractivity (Wildman–Crippen MR) is 114 cm³/mol. The maximum atomic E-state index is 13.1. The summed E-state index contributed by atoms with van der Waals surface area (Å²) in [5, 5.41) is 10.5. The zero-order chi connectivity index (χ0) is 22.9. The van der Waals surface area contributed by atoms with Gasteiger partial charge in [0.1, 0.15) is 6.61 Å². The van der Waals surface area contributed by atoms with Crippen molar-refractivity contribution in [1.82, 2.24) is 20.0 Å². The van der Waals surface area contributed by atoms with Gasteiger partial charge in [0.2, 0.25) is 6.61 Å². The van der Waals surface area contributed by atoms with E-state index in [-0.39, 0.29) is 36.4 Å². The lowest BCUT2D eigenvalue weighted by Crippen LogP contribution is -2.51. The Balaban J connectivity index is 1.61. The van der Waals surface area contributed by atoms with Crippen LogP contribution in [0.1, 0.15) is 51.6 Å². The van der Waals surface area contributed by atoms with Gasteiger partial charge in [-0.25, -0.2) is 9.59 Å². The molecule has 0 spiro atoms. The summed E-state index contributed by atoms with van der Waals surface area (Å²) >= 11 is 0. The molecule has 1 aromatic rings. The molecule has 0 aliphatic carbocycles. The van der Waals surface area contributed by atoms with Crippen LogP contribution in [-0.2, 0) is 23.9 Å². The third-order valence-corrected chi connectivity index (χ3v) is 5.64. The maximum Gasteiger partial charge on any atom is 0.410 e. The molecular formula is C21H31N5O6. The molecule has 0 saturated carbocycles. The van der Waals surface area contributed by atoms with E-state index in [4.69, 9.17) is 14.3 Å². The van der Waals surface area contributed by atoms with Crippen LogP contribution in [0.4, 0.5) is 4.79 Å². The second-order valence-electron chi connectivity index (χ2n) is 7.79. The second kappa shape index (κ2) is 11.5. The summed E-state index contributed by atoms with van der Waals surface area (Å²) in [5.41, 5.74) is 0.426. The number of unbranched alkanes of at least 4 members (excludes halogenated alkanes) is 1. The fraction of sp³-hybridized carbons (Fsp3) is 0.667. The molecule has 176 valence electrons. The highest BCUT2D eigenvalue weighted by atomic mass is 16.7. The van der Waals surface area contributed by atoms with Gasteiger partial charge < -0.3 is 19.2 Å². The number of aromatic nitrogens is 2. The average Bonchev–Trinajstić information content (AvgIpc) is 3.45. The zero-order valence-corrected chi connectivity index (χ0v) is 18.6. The molecule has 3 heterocycles. The molecule has 1 atom stereocenters. The summed E-state index contributed by atoms with van der Waals surface area (Å²) in [7, 11) is 0. The lowest BCUT2D eigenvalue weighted by molar-refractivity contribution is -0.148. The molecule has 1 N–H and O–H groups in total. The number of hydrogen-bond acceptors (Lipinski definition) is 8. The van der Waals surface area contributed by atoms with Crippen molar-refractivity contribution >= 4 is 23.7 Å². The van der Waals surface area contributed by atoms with E-state index in [9.17, 15) is 14.4 Å². The highest BCUT2D eigenvalue weighted by Gasteiger charge is 2.40. The third-order valence-electron chi connectivity index (χ3n) is 5.64. The molecule has 2 fully saturated rings. The van der Waals surface area contributed by atoms with Crippen molar-refractivity contribution in [1.29, 1.82) is 0 Å². The van der Waals surface area contributed by atoms with Crippen LogP contribution in [0.5, 0.6) is 0 Å². The standard InChI is InChI=1S/C21H31N5O6/c1-3-5-6-16-13-31-21(29)26(16)15-8-11-25(12-9-15)20(28)19(17-7-10-22-23-17)24-32-14-18(27)30-4-2/h7,10,15-16H,3-6,8-9,11-14H2,1-2H3,(H,22,23). The minimum absolute atomic E-state index is 0.0339. The number of hydrogen-bond donors (Lipinski definition) is 1. The zero-order valence-electron chi connectivity index (χ0n) is 18.6. The van der Waals surface area contributed by atoms with Gasteiger partial charge in [0.05, 0.1) is 18.3 Å². The SMILES string of the molecule is CCCCC1COC(=O)N1C1CCN(C(=O)C(=NOCC(=O)OCC)c2ccn[nH]2)CC1. The van der Waals surface area contributed by atoms with Crippen LogP contribution in [-0.4, -0.2) is 88.7 Å². The summed E-state index contributed by atoms with van der Waals surface area (Å²) < 4.78 is 10.1. The first kappa shape index (κ1) is 23.6. The van der Waals surface area contributed by atoms with Gasteiger partial charge in [0, 0.05) is 25.3 Å². The van der Waals surface area contributed by atoms with Crippen molar-refractivity contribution in [3.05, 3.63) is 18.0 Å². The highest BCUT2D eigenvalue weighted by Crippen LogP contribution is 2.26. The quantitative estimate of drug-likeness (QED) is 0.327. The number of carbonyl (C=O) groups is 3. The molecule has 0 bridgehead atoms. The smallest absolute Gasteiger partial charge is 0.410 e. The van der Waals surface area contributed by atoms with Crippen molar-refractivity contribution in [3.63, 3.8) is 0 Å². The van der Waals surface area contributed by atoms with E-state index in [0.29, 0.717) is 38.2 Å². The van der Waals surface area contributed by atoms with E-state index < -0.39 is 12.6 Å². The number of likely N-dealkylation sites (tertiary alicyclic amines) is 1. The molecule has 1 unspecified atom stereocenters. The molecule has 0 aromatic carbocycles. The number of nitrogens with one attached hydrogen (secondary N) is 1. The fourth-order valence-electron chi connectivity index (χ4n) is 4.02. The molecule has 32 heavy (non-hydrogen) atoms. The first-order valence-electron chi connectivity index (χ1n) is 11.1. The molecule has 3 rings (SSSR count). The van der Waals surface area contributed by atoms with Crippen LogP contribution < -0.4 is 0 Å². The number of cyclic esters (lactones) is 1. The Hall–Kier alpha value is -3.11. The van der Waals surface area contributed by atoms with Gasteiger partial charge in [0.15, 0.2) is 5.71 Å². The van der Waals surface area contributed by atoms with Crippen LogP contribution in [0.25, 0.3) is 0 Å². The molecule has 2 amide bonds. The van der Waals surface area contributed by atoms with Crippen molar-refractivity contribution in [2.75, 3.05) is 32.9 Å². The first-order chi connectivity index (χ1) is 15.5. The number of oxime groups is 1. The molecule has 11 nitrogen and oxygen atoms in total. The number of amides is 2.